The molecule has 0 fully saturated rings. The van der Waals surface area contributed by atoms with Crippen LogP contribution in [-0.4, -0.2) is 52.8 Å². The van der Waals surface area contributed by atoms with Gasteiger partial charge in [0, 0.05) is 77.5 Å². The molecule has 12 nitrogen and oxygen atoms in total. The first-order valence-corrected chi connectivity index (χ1v) is 20.1. The molecule has 2 aliphatic rings. The van der Waals surface area contributed by atoms with Crippen molar-refractivity contribution in [2.45, 2.75) is 39.9 Å². The second kappa shape index (κ2) is 18.8. The summed E-state index contributed by atoms with van der Waals surface area (Å²) in [5.41, 5.74) is 7.12. The number of anilines is 4. The number of amides is 2. The number of methoxy groups -OCH3 is 2. The predicted octanol–water partition coefficient (Wildman–Crippen LogP) is 8.61. The topological polar surface area (TPSA) is 161 Å². The van der Waals surface area contributed by atoms with Gasteiger partial charge in [0.15, 0.2) is 0 Å². The molecule has 0 saturated carbocycles. The largest absolute Gasteiger partial charge is 0.506 e. The maximum Gasteiger partial charge on any atom is 0.224 e. The molecular weight excluding hydrogens is 785 g/mol. The van der Waals surface area contributed by atoms with Crippen LogP contribution in [0.5, 0.6) is 11.5 Å². The Kier molecular flexibility index (Phi) is 12.9. The zero-order chi connectivity index (χ0) is 43.9. The molecule has 5 aromatic rings. The van der Waals surface area contributed by atoms with E-state index in [0.717, 1.165) is 33.9 Å². The highest BCUT2D eigenvalue weighted by atomic mass is 16.5. The number of carbonyl (C=O) groups is 3. The molecule has 5 N–H and O–H groups in total. The molecule has 0 bridgehead atoms. The Morgan fingerprint density at radius 2 is 1.15 bits per heavy atom. The standard InChI is InChI=1S/C50H46N4O8/c1-5-45(57)51-43-27-37(53(33-11-7-31(29-55)8-12-33)34-13-9-32(30-56)10-14-34)19-25-41(43)47-49(59)48(50(47)60)42-26-20-38(28-44(42)52-46(58)6-2)54(35-15-21-39(61-3)22-16-35)36-17-23-40(62-4)24-18-36/h7-28,55-56H,5-6,29-30H2,1-4H3,(H2,51,52,57,58,59,60)/p+1. The first kappa shape index (κ1) is 42.6. The van der Waals surface area contributed by atoms with E-state index in [1.165, 1.54) is 0 Å². The lowest BCUT2D eigenvalue weighted by Gasteiger charge is -2.29. The van der Waals surface area contributed by atoms with E-state index in [1.807, 2.05) is 113 Å². The SMILES string of the molecule is CCC(=O)NC1=CC(=[N+](c2ccc(OC)cc2)c2ccc(OC)cc2)C=C/C1=C1/C(=O)C(c2ccc(N(c3ccc(CO)cc3)c3ccc(CO)cc3)cc2NC(=O)CC)=C1O. The number of Topliss-reactive ketones (excluding diaryl/α,β-unsaturated/α-hetero) is 1. The summed E-state index contributed by atoms with van der Waals surface area (Å²) in [5, 5.41) is 37.1. The molecule has 0 atom stereocenters. The van der Waals surface area contributed by atoms with Gasteiger partial charge in [0.25, 0.3) is 0 Å². The number of carbonyl (C=O) groups excluding carboxylic acids is 3. The van der Waals surface area contributed by atoms with Gasteiger partial charge >= 0.3 is 0 Å². The van der Waals surface area contributed by atoms with E-state index in [9.17, 15) is 29.7 Å². The number of rotatable bonds is 14. The van der Waals surface area contributed by atoms with Gasteiger partial charge in [0.05, 0.1) is 50.0 Å². The summed E-state index contributed by atoms with van der Waals surface area (Å²) in [7, 11) is 3.19. The number of aliphatic hydroxyl groups is 3. The van der Waals surface area contributed by atoms with Gasteiger partial charge in [0.2, 0.25) is 34.7 Å². The van der Waals surface area contributed by atoms with Crippen LogP contribution in [0.15, 0.2) is 156 Å². The number of allylic oxidation sites excluding steroid dienone is 5. The van der Waals surface area contributed by atoms with E-state index in [1.54, 1.807) is 58.4 Å². The third kappa shape index (κ3) is 8.69. The minimum absolute atomic E-state index is 0.0130. The number of nitrogens with zero attached hydrogens (tertiary/aromatic N) is 2. The Bertz CT molecular complexity index is 2580. The number of benzene rings is 5. The van der Waals surface area contributed by atoms with Gasteiger partial charge in [0.1, 0.15) is 17.3 Å². The van der Waals surface area contributed by atoms with Crippen molar-refractivity contribution in [3.63, 3.8) is 0 Å². The van der Waals surface area contributed by atoms with E-state index in [2.05, 4.69) is 10.6 Å². The number of hydrogen-bond acceptors (Lipinski definition) is 9. The number of ether oxygens (including phenoxy) is 2. The van der Waals surface area contributed by atoms with Crippen molar-refractivity contribution < 1.29 is 39.2 Å². The molecule has 314 valence electrons. The summed E-state index contributed by atoms with van der Waals surface area (Å²) in [6.45, 7) is 3.19. The van der Waals surface area contributed by atoms with Crippen molar-refractivity contribution in [3.8, 4) is 11.5 Å². The van der Waals surface area contributed by atoms with Crippen LogP contribution < -0.4 is 29.6 Å². The maximum atomic E-state index is 14.4. The number of aliphatic hydroxyl groups excluding tert-OH is 3. The van der Waals surface area contributed by atoms with Gasteiger partial charge in [-0.2, -0.15) is 4.58 Å². The zero-order valence-electron chi connectivity index (χ0n) is 34.8. The minimum Gasteiger partial charge on any atom is -0.506 e. The highest BCUT2D eigenvalue weighted by Crippen LogP contribution is 2.45. The van der Waals surface area contributed by atoms with Crippen molar-refractivity contribution in [1.29, 1.82) is 0 Å². The second-order valence-corrected chi connectivity index (χ2v) is 14.4. The molecule has 62 heavy (non-hydrogen) atoms. The van der Waals surface area contributed by atoms with Gasteiger partial charge < -0.3 is 40.3 Å². The summed E-state index contributed by atoms with van der Waals surface area (Å²) in [6.07, 6.45) is 5.60. The fourth-order valence-electron chi connectivity index (χ4n) is 7.22. The van der Waals surface area contributed by atoms with Crippen LogP contribution in [0.2, 0.25) is 0 Å². The van der Waals surface area contributed by atoms with Crippen molar-refractivity contribution in [2.24, 2.45) is 0 Å². The van der Waals surface area contributed by atoms with E-state index in [-0.39, 0.29) is 54.8 Å². The van der Waals surface area contributed by atoms with Crippen LogP contribution in [0.1, 0.15) is 43.4 Å². The zero-order valence-corrected chi connectivity index (χ0v) is 34.8. The van der Waals surface area contributed by atoms with Crippen molar-refractivity contribution >= 4 is 63.0 Å². The number of nitrogens with one attached hydrogen (secondary N) is 2. The minimum atomic E-state index is -0.472. The lowest BCUT2D eigenvalue weighted by Crippen LogP contribution is -2.30. The molecule has 0 spiro atoms. The first-order chi connectivity index (χ1) is 30.1. The molecular formula is C50H47N4O8+. The third-order valence-electron chi connectivity index (χ3n) is 10.6. The van der Waals surface area contributed by atoms with Crippen LogP contribution in [0.4, 0.5) is 34.1 Å². The quantitative estimate of drug-likeness (QED) is 0.0545. The van der Waals surface area contributed by atoms with E-state index in [4.69, 9.17) is 9.47 Å². The summed E-state index contributed by atoms with van der Waals surface area (Å²) < 4.78 is 12.8. The van der Waals surface area contributed by atoms with Crippen LogP contribution in [0, 0.1) is 0 Å². The fraction of sp³-hybridized carbons (Fsp3) is 0.160. The average molecular weight is 832 g/mol. The molecule has 2 amide bonds. The van der Waals surface area contributed by atoms with Crippen LogP contribution in [0.3, 0.4) is 0 Å². The summed E-state index contributed by atoms with van der Waals surface area (Å²) >= 11 is 0. The lowest BCUT2D eigenvalue weighted by atomic mass is 9.78. The predicted molar refractivity (Wildman–Crippen MR) is 242 cm³/mol. The molecule has 0 radical (unpaired) electrons. The van der Waals surface area contributed by atoms with Crippen LogP contribution in [-0.2, 0) is 27.6 Å². The maximum absolute atomic E-state index is 14.4. The summed E-state index contributed by atoms with van der Waals surface area (Å²) in [6, 6.07) is 34.9. The van der Waals surface area contributed by atoms with Crippen molar-refractivity contribution in [1.82, 2.24) is 9.89 Å². The van der Waals surface area contributed by atoms with Gasteiger partial charge in [-0.05, 0) is 83.9 Å². The lowest BCUT2D eigenvalue weighted by molar-refractivity contribution is -0.120. The van der Waals surface area contributed by atoms with Gasteiger partial charge in [-0.1, -0.05) is 38.1 Å². The van der Waals surface area contributed by atoms with Crippen LogP contribution in [0.25, 0.3) is 5.57 Å². The Balaban J connectivity index is 1.35. The Hall–Kier alpha value is -7.54. The molecule has 5 aromatic carbocycles. The molecule has 0 heterocycles. The van der Waals surface area contributed by atoms with Gasteiger partial charge in [-0.3, -0.25) is 14.4 Å². The Morgan fingerprint density at radius 1 is 0.645 bits per heavy atom. The number of hydrogen-bond donors (Lipinski definition) is 5. The van der Waals surface area contributed by atoms with Crippen molar-refractivity contribution in [3.05, 3.63) is 173 Å². The van der Waals surface area contributed by atoms with Crippen molar-refractivity contribution in [2.75, 3.05) is 24.4 Å². The Morgan fingerprint density at radius 3 is 1.61 bits per heavy atom. The van der Waals surface area contributed by atoms with Gasteiger partial charge in [-0.25, -0.2) is 0 Å². The van der Waals surface area contributed by atoms with E-state index >= 15 is 0 Å². The third-order valence-corrected chi connectivity index (χ3v) is 10.6. The smallest absolute Gasteiger partial charge is 0.224 e. The highest BCUT2D eigenvalue weighted by molar-refractivity contribution is 6.40. The van der Waals surface area contributed by atoms with Gasteiger partial charge in [-0.15, -0.1) is 0 Å². The molecule has 0 aliphatic heterocycles. The molecule has 0 unspecified atom stereocenters. The van der Waals surface area contributed by atoms with E-state index < -0.39 is 5.78 Å². The normalized spacial score (nSPS) is 14.5. The summed E-state index contributed by atoms with van der Waals surface area (Å²) in [5.74, 6) is 0.0109. The average Bonchev–Trinajstić information content (AvgIpc) is 3.31. The highest BCUT2D eigenvalue weighted by Gasteiger charge is 2.40. The monoisotopic (exact) mass is 831 g/mol. The Labute approximate surface area is 359 Å². The molecule has 7 rings (SSSR count). The van der Waals surface area contributed by atoms with E-state index in [0.29, 0.717) is 45.4 Å². The first-order valence-electron chi connectivity index (χ1n) is 20.1. The van der Waals surface area contributed by atoms with Crippen LogP contribution >= 0.6 is 0 Å². The molecule has 2 aliphatic carbocycles. The summed E-state index contributed by atoms with van der Waals surface area (Å²) in [4.78, 5) is 42.4. The molecule has 12 heteroatoms. The molecule has 0 aromatic heterocycles. The second-order valence-electron chi connectivity index (χ2n) is 14.4. The fourth-order valence-corrected chi connectivity index (χ4v) is 7.22. The number of ketones is 1. The molecule has 0 saturated heterocycles.